The van der Waals surface area contributed by atoms with Gasteiger partial charge in [-0.25, -0.2) is 8.42 Å². The van der Waals surface area contributed by atoms with Crippen molar-refractivity contribution in [3.05, 3.63) is 29.8 Å². The number of rotatable bonds is 4. The van der Waals surface area contributed by atoms with Crippen molar-refractivity contribution in [3.63, 3.8) is 0 Å². The van der Waals surface area contributed by atoms with Gasteiger partial charge in [0.2, 0.25) is 10.0 Å². The zero-order valence-corrected chi connectivity index (χ0v) is 12.4. The Hall–Kier alpha value is -1.56. The Morgan fingerprint density at radius 3 is 2.65 bits per heavy atom. The molecule has 2 rings (SSSR count). The molecular formula is C14H20N2O3S. The summed E-state index contributed by atoms with van der Waals surface area (Å²) in [7, 11) is -3.34. The number of benzene rings is 1. The summed E-state index contributed by atoms with van der Waals surface area (Å²) in [5.41, 5.74) is 1.65. The van der Waals surface area contributed by atoms with Crippen LogP contribution in [0.3, 0.4) is 0 Å². The smallest absolute Gasteiger partial charge is 0.235 e. The highest BCUT2D eigenvalue weighted by Gasteiger charge is 2.27. The van der Waals surface area contributed by atoms with Crippen molar-refractivity contribution < 1.29 is 13.6 Å². The molecule has 5 nitrogen and oxygen atoms in total. The lowest BCUT2D eigenvalue weighted by atomic mass is 10.0. The fraction of sp³-hybridized carbons (Fsp3) is 0.500. The molecule has 20 heavy (non-hydrogen) atoms. The minimum Gasteiger partial charge on any atom is -0.411 e. The molecule has 1 aliphatic rings. The summed E-state index contributed by atoms with van der Waals surface area (Å²) in [5, 5.41) is 11.6. The molecule has 1 aromatic carbocycles. The second kappa shape index (κ2) is 6.26. The van der Waals surface area contributed by atoms with Crippen LogP contribution in [0.15, 0.2) is 29.4 Å². The number of hydrogen-bond donors (Lipinski definition) is 2. The van der Waals surface area contributed by atoms with Gasteiger partial charge in [-0.15, -0.1) is 0 Å². The first-order valence-corrected chi connectivity index (χ1v) is 8.38. The van der Waals surface area contributed by atoms with Gasteiger partial charge in [0.15, 0.2) is 0 Å². The Labute approximate surface area is 119 Å². The Morgan fingerprint density at radius 1 is 1.30 bits per heavy atom. The molecule has 0 amide bonds. The van der Waals surface area contributed by atoms with Crippen molar-refractivity contribution in [2.45, 2.75) is 44.3 Å². The van der Waals surface area contributed by atoms with Gasteiger partial charge in [-0.2, -0.15) is 0 Å². The largest absolute Gasteiger partial charge is 0.411 e. The third kappa shape index (κ3) is 3.50. The summed E-state index contributed by atoms with van der Waals surface area (Å²) >= 11 is 0. The molecule has 0 saturated heterocycles. The average Bonchev–Trinajstić information content (AvgIpc) is 2.47. The van der Waals surface area contributed by atoms with Gasteiger partial charge in [0.25, 0.3) is 0 Å². The summed E-state index contributed by atoms with van der Waals surface area (Å²) in [5.74, 6) is 0. The van der Waals surface area contributed by atoms with Gasteiger partial charge >= 0.3 is 0 Å². The molecular weight excluding hydrogens is 276 g/mol. The van der Waals surface area contributed by atoms with Crippen LogP contribution >= 0.6 is 0 Å². The SMILES string of the molecule is C/C(=N\O)c1cccc(NS(=O)(=O)C2CCCCC2)c1. The number of oxime groups is 1. The van der Waals surface area contributed by atoms with E-state index in [-0.39, 0.29) is 5.25 Å². The maximum absolute atomic E-state index is 12.3. The number of sulfonamides is 1. The fourth-order valence-corrected chi connectivity index (χ4v) is 4.06. The standard InChI is InChI=1S/C14H20N2O3S/c1-11(15-17)12-6-5-7-13(10-12)16-20(18,19)14-8-3-2-4-9-14/h5-7,10,14,16-17H,2-4,8-9H2,1H3/b15-11+. The van der Waals surface area contributed by atoms with Crippen LogP contribution in [0.5, 0.6) is 0 Å². The lowest BCUT2D eigenvalue weighted by molar-refractivity contribution is 0.319. The molecule has 0 heterocycles. The maximum Gasteiger partial charge on any atom is 0.235 e. The van der Waals surface area contributed by atoms with E-state index in [0.29, 0.717) is 17.0 Å². The topological polar surface area (TPSA) is 78.8 Å². The van der Waals surface area contributed by atoms with Crippen LogP contribution in [0, 0.1) is 0 Å². The van der Waals surface area contributed by atoms with E-state index >= 15 is 0 Å². The van der Waals surface area contributed by atoms with Crippen molar-refractivity contribution in [2.24, 2.45) is 5.16 Å². The summed E-state index contributed by atoms with van der Waals surface area (Å²) in [6.07, 6.45) is 4.52. The zero-order valence-electron chi connectivity index (χ0n) is 11.5. The van der Waals surface area contributed by atoms with E-state index in [4.69, 9.17) is 5.21 Å². The van der Waals surface area contributed by atoms with E-state index in [9.17, 15) is 8.42 Å². The lowest BCUT2D eigenvalue weighted by Crippen LogP contribution is -2.29. The normalized spacial score (nSPS) is 17.9. The fourth-order valence-electron chi connectivity index (χ4n) is 2.49. The lowest BCUT2D eigenvalue weighted by Gasteiger charge is -2.22. The van der Waals surface area contributed by atoms with Crippen LogP contribution in [0.25, 0.3) is 0 Å². The second-order valence-electron chi connectivity index (χ2n) is 5.17. The molecule has 110 valence electrons. The van der Waals surface area contributed by atoms with Gasteiger partial charge in [-0.1, -0.05) is 36.6 Å². The third-order valence-corrected chi connectivity index (χ3v) is 5.55. The highest BCUT2D eigenvalue weighted by molar-refractivity contribution is 7.93. The second-order valence-corrected chi connectivity index (χ2v) is 7.13. The van der Waals surface area contributed by atoms with Crippen LogP contribution < -0.4 is 4.72 Å². The highest BCUT2D eigenvalue weighted by atomic mass is 32.2. The van der Waals surface area contributed by atoms with Crippen LogP contribution in [0.2, 0.25) is 0 Å². The average molecular weight is 296 g/mol. The molecule has 0 aromatic heterocycles. The minimum atomic E-state index is -3.34. The molecule has 0 atom stereocenters. The molecule has 0 spiro atoms. The number of nitrogens with zero attached hydrogens (tertiary/aromatic N) is 1. The predicted octanol–water partition coefficient (Wildman–Crippen LogP) is 2.96. The van der Waals surface area contributed by atoms with E-state index in [2.05, 4.69) is 9.88 Å². The highest BCUT2D eigenvalue weighted by Crippen LogP contribution is 2.25. The van der Waals surface area contributed by atoms with E-state index in [0.717, 1.165) is 32.1 Å². The Kier molecular flexibility index (Phi) is 4.65. The minimum absolute atomic E-state index is 0.299. The van der Waals surface area contributed by atoms with Gasteiger partial charge in [0, 0.05) is 11.3 Å². The van der Waals surface area contributed by atoms with E-state index in [1.807, 2.05) is 0 Å². The molecule has 0 bridgehead atoms. The summed E-state index contributed by atoms with van der Waals surface area (Å²) in [6, 6.07) is 6.89. The van der Waals surface area contributed by atoms with Crippen molar-refractivity contribution in [1.29, 1.82) is 0 Å². The van der Waals surface area contributed by atoms with Crippen LogP contribution in [0.4, 0.5) is 5.69 Å². The van der Waals surface area contributed by atoms with E-state index in [1.165, 1.54) is 0 Å². The summed E-state index contributed by atoms with van der Waals surface area (Å²) in [4.78, 5) is 0. The van der Waals surface area contributed by atoms with Crippen molar-refractivity contribution in [2.75, 3.05) is 4.72 Å². The Morgan fingerprint density at radius 2 is 2.00 bits per heavy atom. The van der Waals surface area contributed by atoms with Gasteiger partial charge in [0.1, 0.15) is 0 Å². The third-order valence-electron chi connectivity index (χ3n) is 3.68. The number of nitrogens with one attached hydrogen (secondary N) is 1. The molecule has 1 aromatic rings. The van der Waals surface area contributed by atoms with Gasteiger partial charge in [-0.3, -0.25) is 4.72 Å². The first kappa shape index (κ1) is 14.8. The number of hydrogen-bond acceptors (Lipinski definition) is 4. The maximum atomic E-state index is 12.3. The van der Waals surface area contributed by atoms with Crippen molar-refractivity contribution in [1.82, 2.24) is 0 Å². The predicted molar refractivity (Wildman–Crippen MR) is 79.9 cm³/mol. The summed E-state index contributed by atoms with van der Waals surface area (Å²) in [6.45, 7) is 1.66. The van der Waals surface area contributed by atoms with Gasteiger partial charge in [0.05, 0.1) is 11.0 Å². The molecule has 0 unspecified atom stereocenters. The zero-order chi connectivity index (χ0) is 14.6. The Bertz CT molecular complexity index is 590. The van der Waals surface area contributed by atoms with E-state index < -0.39 is 10.0 Å². The molecule has 0 radical (unpaired) electrons. The van der Waals surface area contributed by atoms with Crippen LogP contribution in [-0.4, -0.2) is 24.6 Å². The van der Waals surface area contributed by atoms with Crippen molar-refractivity contribution in [3.8, 4) is 0 Å². The van der Waals surface area contributed by atoms with Crippen LogP contribution in [-0.2, 0) is 10.0 Å². The first-order chi connectivity index (χ1) is 9.53. The quantitative estimate of drug-likeness (QED) is 0.509. The molecule has 6 heteroatoms. The first-order valence-electron chi connectivity index (χ1n) is 6.83. The van der Waals surface area contributed by atoms with Crippen molar-refractivity contribution >= 4 is 21.4 Å². The molecule has 2 N–H and O–H groups in total. The molecule has 1 fully saturated rings. The van der Waals surface area contributed by atoms with Gasteiger partial charge in [-0.05, 0) is 31.9 Å². The number of anilines is 1. The van der Waals surface area contributed by atoms with E-state index in [1.54, 1.807) is 31.2 Å². The molecule has 1 saturated carbocycles. The molecule has 1 aliphatic carbocycles. The molecule has 0 aliphatic heterocycles. The van der Waals surface area contributed by atoms with Gasteiger partial charge < -0.3 is 5.21 Å². The Balaban J connectivity index is 2.16. The monoisotopic (exact) mass is 296 g/mol. The summed E-state index contributed by atoms with van der Waals surface area (Å²) < 4.78 is 27.3. The van der Waals surface area contributed by atoms with Crippen LogP contribution in [0.1, 0.15) is 44.6 Å².